The Morgan fingerprint density at radius 1 is 0.920 bits per heavy atom. The highest BCUT2D eigenvalue weighted by Crippen LogP contribution is 2.20. The predicted molar refractivity (Wildman–Crippen MR) is 95.4 cm³/mol. The first-order valence-corrected chi connectivity index (χ1v) is 7.82. The second kappa shape index (κ2) is 6.16. The van der Waals surface area contributed by atoms with Gasteiger partial charge >= 0.3 is 0 Å². The summed E-state index contributed by atoms with van der Waals surface area (Å²) in [6.07, 6.45) is 1.24. The van der Waals surface area contributed by atoms with Crippen LogP contribution in [0.2, 0.25) is 0 Å². The maximum atomic E-state index is 12.8. The quantitative estimate of drug-likeness (QED) is 0.624. The maximum absolute atomic E-state index is 12.8. The first-order valence-electron chi connectivity index (χ1n) is 7.82. The fraction of sp³-hybridized carbons (Fsp3) is 0.0526. The molecule has 0 saturated carbocycles. The van der Waals surface area contributed by atoms with E-state index in [0.717, 1.165) is 11.1 Å². The number of aromatic amines is 1. The number of nitrogens with one attached hydrogen (secondary N) is 1. The molecule has 0 unspecified atom stereocenters. The highest BCUT2D eigenvalue weighted by atomic mass is 16.1. The van der Waals surface area contributed by atoms with Crippen LogP contribution in [-0.4, -0.2) is 19.7 Å². The molecule has 122 valence electrons. The smallest absolute Gasteiger partial charge is 0.293 e. The Bertz CT molecular complexity index is 1150. The molecule has 4 aromatic rings. The summed E-state index contributed by atoms with van der Waals surface area (Å²) in [7, 11) is 0. The van der Waals surface area contributed by atoms with Crippen LogP contribution in [0, 0.1) is 0 Å². The number of hydrogen-bond donors (Lipinski definition) is 1. The van der Waals surface area contributed by atoms with Crippen molar-refractivity contribution in [2.75, 3.05) is 0 Å². The van der Waals surface area contributed by atoms with Gasteiger partial charge in [0.1, 0.15) is 11.2 Å². The highest BCUT2D eigenvalue weighted by molar-refractivity contribution is 5.90. The first kappa shape index (κ1) is 15.0. The van der Waals surface area contributed by atoms with Gasteiger partial charge in [0.2, 0.25) is 0 Å². The van der Waals surface area contributed by atoms with Crippen molar-refractivity contribution >= 4 is 10.9 Å². The fourth-order valence-corrected chi connectivity index (χ4v) is 2.78. The lowest BCUT2D eigenvalue weighted by Gasteiger charge is -2.10. The van der Waals surface area contributed by atoms with Crippen molar-refractivity contribution in [1.29, 1.82) is 0 Å². The van der Waals surface area contributed by atoms with E-state index in [1.54, 1.807) is 0 Å². The van der Waals surface area contributed by atoms with E-state index in [9.17, 15) is 9.59 Å². The standard InChI is InChI=1S/C19H14N4O2/c24-18-15-16(14-9-5-2-6-10-14)22-23(11-13-7-3-1-4-8-13)19(25)17(15)20-12-21-18/h1-10,12H,11H2,(H,20,21,24). The minimum Gasteiger partial charge on any atom is -0.313 e. The van der Waals surface area contributed by atoms with Crippen LogP contribution in [0.3, 0.4) is 0 Å². The molecule has 0 saturated heterocycles. The summed E-state index contributed by atoms with van der Waals surface area (Å²) >= 11 is 0. The molecule has 0 atom stereocenters. The number of benzene rings is 2. The van der Waals surface area contributed by atoms with Crippen LogP contribution >= 0.6 is 0 Å². The van der Waals surface area contributed by atoms with Crippen molar-refractivity contribution in [2.45, 2.75) is 6.54 Å². The summed E-state index contributed by atoms with van der Waals surface area (Å²) < 4.78 is 1.35. The Morgan fingerprint density at radius 3 is 2.32 bits per heavy atom. The van der Waals surface area contributed by atoms with E-state index in [2.05, 4.69) is 15.1 Å². The Labute approximate surface area is 142 Å². The first-order chi connectivity index (χ1) is 12.2. The molecule has 2 aromatic heterocycles. The average molecular weight is 330 g/mol. The molecule has 2 aromatic carbocycles. The number of hydrogen-bond acceptors (Lipinski definition) is 4. The molecule has 6 nitrogen and oxygen atoms in total. The molecule has 0 aliphatic carbocycles. The summed E-state index contributed by atoms with van der Waals surface area (Å²) in [5.74, 6) is 0. The third-order valence-electron chi connectivity index (χ3n) is 3.97. The third-order valence-corrected chi connectivity index (χ3v) is 3.97. The van der Waals surface area contributed by atoms with Crippen LogP contribution in [-0.2, 0) is 6.54 Å². The monoisotopic (exact) mass is 330 g/mol. The topological polar surface area (TPSA) is 80.6 Å². The van der Waals surface area contributed by atoms with Gasteiger partial charge in [0.25, 0.3) is 11.1 Å². The van der Waals surface area contributed by atoms with Gasteiger partial charge in [0.15, 0.2) is 0 Å². The average Bonchev–Trinajstić information content (AvgIpc) is 2.66. The van der Waals surface area contributed by atoms with Crippen LogP contribution < -0.4 is 11.1 Å². The lowest BCUT2D eigenvalue weighted by atomic mass is 10.1. The lowest BCUT2D eigenvalue weighted by Crippen LogP contribution is -2.27. The van der Waals surface area contributed by atoms with Crippen LogP contribution in [0.5, 0.6) is 0 Å². The summed E-state index contributed by atoms with van der Waals surface area (Å²) in [6, 6.07) is 18.9. The number of H-pyrrole nitrogens is 1. The number of rotatable bonds is 3. The van der Waals surface area contributed by atoms with Gasteiger partial charge in [-0.25, -0.2) is 9.67 Å². The Hall–Kier alpha value is -3.54. The largest absolute Gasteiger partial charge is 0.313 e. The van der Waals surface area contributed by atoms with Crippen LogP contribution in [0.15, 0.2) is 76.6 Å². The summed E-state index contributed by atoms with van der Waals surface area (Å²) in [5.41, 5.74) is 1.51. The van der Waals surface area contributed by atoms with E-state index >= 15 is 0 Å². The van der Waals surface area contributed by atoms with Crippen molar-refractivity contribution in [1.82, 2.24) is 19.7 Å². The molecular weight excluding hydrogens is 316 g/mol. The molecular formula is C19H14N4O2. The Kier molecular flexibility index (Phi) is 3.70. The molecule has 0 radical (unpaired) electrons. The third kappa shape index (κ3) is 2.74. The number of fused-ring (bicyclic) bond motifs is 1. The molecule has 0 bridgehead atoms. The van der Waals surface area contributed by atoms with Gasteiger partial charge in [-0.2, -0.15) is 5.10 Å². The molecule has 0 amide bonds. The van der Waals surface area contributed by atoms with Crippen molar-refractivity contribution in [3.8, 4) is 11.3 Å². The molecule has 25 heavy (non-hydrogen) atoms. The summed E-state index contributed by atoms with van der Waals surface area (Å²) in [6.45, 7) is 0.309. The molecule has 0 aliphatic rings. The SMILES string of the molecule is O=c1[nH]cnc2c(=O)n(Cc3ccccc3)nc(-c3ccccc3)c12. The molecule has 6 heteroatoms. The van der Waals surface area contributed by atoms with Gasteiger partial charge in [0, 0.05) is 5.56 Å². The highest BCUT2D eigenvalue weighted by Gasteiger charge is 2.16. The number of nitrogens with zero attached hydrogens (tertiary/aromatic N) is 3. The number of aromatic nitrogens is 4. The fourth-order valence-electron chi connectivity index (χ4n) is 2.78. The molecule has 0 aliphatic heterocycles. The van der Waals surface area contributed by atoms with Crippen molar-refractivity contribution in [3.05, 3.63) is 93.3 Å². The molecule has 4 rings (SSSR count). The summed E-state index contributed by atoms with van der Waals surface area (Å²) in [4.78, 5) is 31.7. The van der Waals surface area contributed by atoms with Crippen molar-refractivity contribution < 1.29 is 0 Å². The van der Waals surface area contributed by atoms with E-state index in [1.807, 2.05) is 60.7 Å². The Balaban J connectivity index is 2.01. The normalized spacial score (nSPS) is 10.9. The van der Waals surface area contributed by atoms with Gasteiger partial charge in [-0.3, -0.25) is 9.59 Å². The second-order valence-electron chi connectivity index (χ2n) is 5.62. The minimum atomic E-state index is -0.385. The van der Waals surface area contributed by atoms with Gasteiger partial charge in [-0.15, -0.1) is 0 Å². The molecule has 0 fully saturated rings. The second-order valence-corrected chi connectivity index (χ2v) is 5.62. The lowest BCUT2D eigenvalue weighted by molar-refractivity contribution is 0.649. The van der Waals surface area contributed by atoms with Gasteiger partial charge in [0.05, 0.1) is 18.3 Å². The van der Waals surface area contributed by atoms with Crippen LogP contribution in [0.1, 0.15) is 5.56 Å². The van der Waals surface area contributed by atoms with Crippen LogP contribution in [0.25, 0.3) is 22.2 Å². The van der Waals surface area contributed by atoms with E-state index in [1.165, 1.54) is 11.0 Å². The van der Waals surface area contributed by atoms with E-state index in [-0.39, 0.29) is 22.0 Å². The van der Waals surface area contributed by atoms with Gasteiger partial charge in [-0.1, -0.05) is 60.7 Å². The van der Waals surface area contributed by atoms with E-state index in [4.69, 9.17) is 0 Å². The zero-order valence-corrected chi connectivity index (χ0v) is 13.2. The van der Waals surface area contributed by atoms with Gasteiger partial charge in [-0.05, 0) is 5.56 Å². The zero-order valence-electron chi connectivity index (χ0n) is 13.2. The Morgan fingerprint density at radius 2 is 1.60 bits per heavy atom. The van der Waals surface area contributed by atoms with E-state index in [0.29, 0.717) is 12.2 Å². The zero-order chi connectivity index (χ0) is 17.2. The maximum Gasteiger partial charge on any atom is 0.293 e. The van der Waals surface area contributed by atoms with Crippen molar-refractivity contribution in [2.24, 2.45) is 0 Å². The summed E-state index contributed by atoms with van der Waals surface area (Å²) in [5, 5.41) is 4.68. The van der Waals surface area contributed by atoms with E-state index < -0.39 is 0 Å². The molecule has 2 heterocycles. The van der Waals surface area contributed by atoms with Crippen molar-refractivity contribution in [3.63, 3.8) is 0 Å². The molecule has 0 spiro atoms. The minimum absolute atomic E-state index is 0.119. The van der Waals surface area contributed by atoms with Gasteiger partial charge < -0.3 is 4.98 Å². The van der Waals surface area contributed by atoms with Crippen LogP contribution in [0.4, 0.5) is 0 Å². The molecule has 1 N–H and O–H groups in total. The predicted octanol–water partition coefficient (Wildman–Crippen LogP) is 2.20.